The highest BCUT2D eigenvalue weighted by Gasteiger charge is 2.38. The van der Waals surface area contributed by atoms with E-state index in [1.165, 1.54) is 12.4 Å². The third kappa shape index (κ3) is 2.13. The molecule has 82 valence electrons. The van der Waals surface area contributed by atoms with E-state index in [1.807, 2.05) is 6.92 Å². The third-order valence-electron chi connectivity index (χ3n) is 2.98. The van der Waals surface area contributed by atoms with E-state index in [2.05, 4.69) is 4.98 Å². The minimum atomic E-state index is -4.26. The van der Waals surface area contributed by atoms with Gasteiger partial charge in [0.15, 0.2) is 0 Å². The van der Waals surface area contributed by atoms with Crippen molar-refractivity contribution in [3.63, 3.8) is 0 Å². The highest BCUT2D eigenvalue weighted by Crippen LogP contribution is 2.45. The standard InChI is InChI=1S/C11H12F3N/c1-7(8-2-3-8)9-6-15-5-4-10(9)11(12,13)14/h4-8H,2-3H2,1H3. The zero-order valence-electron chi connectivity index (χ0n) is 8.38. The van der Waals surface area contributed by atoms with Crippen LogP contribution in [0, 0.1) is 5.92 Å². The van der Waals surface area contributed by atoms with Gasteiger partial charge in [0, 0.05) is 12.4 Å². The van der Waals surface area contributed by atoms with Gasteiger partial charge < -0.3 is 0 Å². The quantitative estimate of drug-likeness (QED) is 0.734. The Hall–Kier alpha value is -1.06. The van der Waals surface area contributed by atoms with Gasteiger partial charge in [0.2, 0.25) is 0 Å². The summed E-state index contributed by atoms with van der Waals surface area (Å²) in [4.78, 5) is 3.79. The predicted molar refractivity (Wildman–Crippen MR) is 50.4 cm³/mol. The number of aromatic nitrogens is 1. The maximum absolute atomic E-state index is 12.7. The fourth-order valence-electron chi connectivity index (χ4n) is 1.88. The van der Waals surface area contributed by atoms with E-state index in [0.29, 0.717) is 11.5 Å². The molecule has 1 nitrogen and oxygen atoms in total. The zero-order chi connectivity index (χ0) is 11.1. The molecular weight excluding hydrogens is 203 g/mol. The lowest BCUT2D eigenvalue weighted by atomic mass is 9.93. The number of hydrogen-bond acceptors (Lipinski definition) is 1. The van der Waals surface area contributed by atoms with E-state index in [4.69, 9.17) is 0 Å². The molecule has 0 amide bonds. The van der Waals surface area contributed by atoms with Crippen molar-refractivity contribution in [1.29, 1.82) is 0 Å². The number of nitrogens with zero attached hydrogens (tertiary/aromatic N) is 1. The van der Waals surface area contributed by atoms with Crippen LogP contribution < -0.4 is 0 Å². The summed E-state index contributed by atoms with van der Waals surface area (Å²) in [5.74, 6) is 0.380. The van der Waals surface area contributed by atoms with E-state index >= 15 is 0 Å². The Balaban J connectivity index is 2.37. The fraction of sp³-hybridized carbons (Fsp3) is 0.545. The van der Waals surface area contributed by atoms with Gasteiger partial charge in [-0.05, 0) is 36.3 Å². The van der Waals surface area contributed by atoms with Crippen LogP contribution in [0.15, 0.2) is 18.5 Å². The summed E-state index contributed by atoms with van der Waals surface area (Å²) in [6, 6.07) is 1.06. The Morgan fingerprint density at radius 2 is 2.07 bits per heavy atom. The second-order valence-electron chi connectivity index (χ2n) is 4.09. The van der Waals surface area contributed by atoms with E-state index in [0.717, 1.165) is 18.9 Å². The summed E-state index contributed by atoms with van der Waals surface area (Å²) in [7, 11) is 0. The fourth-order valence-corrected chi connectivity index (χ4v) is 1.88. The molecule has 1 aromatic rings. The minimum Gasteiger partial charge on any atom is -0.264 e. The Bertz CT molecular complexity index is 355. The molecular formula is C11H12F3N. The van der Waals surface area contributed by atoms with E-state index in [9.17, 15) is 13.2 Å². The molecule has 0 radical (unpaired) electrons. The first kappa shape index (κ1) is 10.5. The summed E-state index contributed by atoms with van der Waals surface area (Å²) in [6.45, 7) is 1.85. The SMILES string of the molecule is CC(c1cnccc1C(F)(F)F)C1CC1. The molecule has 4 heteroatoms. The highest BCUT2D eigenvalue weighted by atomic mass is 19.4. The molecule has 1 aromatic heterocycles. The molecule has 1 aliphatic rings. The van der Waals surface area contributed by atoms with E-state index in [1.54, 1.807) is 0 Å². The van der Waals surface area contributed by atoms with Gasteiger partial charge in [-0.1, -0.05) is 6.92 Å². The van der Waals surface area contributed by atoms with Crippen molar-refractivity contribution in [3.8, 4) is 0 Å². The molecule has 1 atom stereocenters. The number of rotatable bonds is 2. The normalized spacial score (nSPS) is 18.9. The Morgan fingerprint density at radius 1 is 1.40 bits per heavy atom. The molecule has 15 heavy (non-hydrogen) atoms. The smallest absolute Gasteiger partial charge is 0.264 e. The average Bonchev–Trinajstić information content (AvgIpc) is 2.98. The van der Waals surface area contributed by atoms with Crippen molar-refractivity contribution >= 4 is 0 Å². The Labute approximate surface area is 86.3 Å². The number of halogens is 3. The van der Waals surface area contributed by atoms with Crippen molar-refractivity contribution in [2.75, 3.05) is 0 Å². The van der Waals surface area contributed by atoms with E-state index < -0.39 is 11.7 Å². The molecule has 0 N–H and O–H groups in total. The summed E-state index contributed by atoms with van der Waals surface area (Å²) >= 11 is 0. The predicted octanol–water partition coefficient (Wildman–Crippen LogP) is 3.61. The second kappa shape index (κ2) is 3.51. The molecule has 0 saturated heterocycles. The lowest BCUT2D eigenvalue weighted by Crippen LogP contribution is -2.12. The van der Waals surface area contributed by atoms with Gasteiger partial charge in [0.25, 0.3) is 0 Å². The molecule has 0 aromatic carbocycles. The molecule has 0 aliphatic heterocycles. The average molecular weight is 215 g/mol. The van der Waals surface area contributed by atoms with Gasteiger partial charge in [-0.15, -0.1) is 0 Å². The maximum atomic E-state index is 12.7. The number of pyridine rings is 1. The summed E-state index contributed by atoms with van der Waals surface area (Å²) in [5.41, 5.74) is -0.190. The molecule has 0 bridgehead atoms. The second-order valence-corrected chi connectivity index (χ2v) is 4.09. The molecule has 2 rings (SSSR count). The van der Waals surface area contributed by atoms with E-state index in [-0.39, 0.29) is 5.92 Å². The monoisotopic (exact) mass is 215 g/mol. The first-order valence-corrected chi connectivity index (χ1v) is 5.01. The van der Waals surface area contributed by atoms with Crippen LogP contribution in [0.1, 0.15) is 36.8 Å². The third-order valence-corrected chi connectivity index (χ3v) is 2.98. The highest BCUT2D eigenvalue weighted by molar-refractivity contribution is 5.30. The van der Waals surface area contributed by atoms with Gasteiger partial charge in [-0.3, -0.25) is 4.98 Å². The number of hydrogen-bond donors (Lipinski definition) is 0. The lowest BCUT2D eigenvalue weighted by molar-refractivity contribution is -0.138. The van der Waals surface area contributed by atoms with Gasteiger partial charge in [-0.25, -0.2) is 0 Å². The minimum absolute atomic E-state index is 0.0321. The van der Waals surface area contributed by atoms with Crippen molar-refractivity contribution < 1.29 is 13.2 Å². The van der Waals surface area contributed by atoms with Gasteiger partial charge in [0.1, 0.15) is 0 Å². The van der Waals surface area contributed by atoms with Crippen molar-refractivity contribution in [1.82, 2.24) is 4.98 Å². The van der Waals surface area contributed by atoms with Gasteiger partial charge >= 0.3 is 6.18 Å². The Kier molecular flexibility index (Phi) is 2.44. The van der Waals surface area contributed by atoms with Crippen molar-refractivity contribution in [3.05, 3.63) is 29.6 Å². The molecule has 1 unspecified atom stereocenters. The molecule has 0 spiro atoms. The van der Waals surface area contributed by atoms with Crippen LogP contribution >= 0.6 is 0 Å². The van der Waals surface area contributed by atoms with Crippen LogP contribution in [0.5, 0.6) is 0 Å². The van der Waals surface area contributed by atoms with Crippen LogP contribution in [-0.2, 0) is 6.18 Å². The maximum Gasteiger partial charge on any atom is 0.416 e. The topological polar surface area (TPSA) is 12.9 Å². The number of alkyl halides is 3. The van der Waals surface area contributed by atoms with Crippen molar-refractivity contribution in [2.45, 2.75) is 31.9 Å². The zero-order valence-corrected chi connectivity index (χ0v) is 8.38. The first-order chi connectivity index (χ1) is 7.00. The molecule has 1 saturated carbocycles. The van der Waals surface area contributed by atoms with Gasteiger partial charge in [0.05, 0.1) is 5.56 Å². The molecule has 1 aliphatic carbocycles. The molecule has 1 heterocycles. The Morgan fingerprint density at radius 3 is 2.60 bits per heavy atom. The van der Waals surface area contributed by atoms with Crippen LogP contribution in [0.4, 0.5) is 13.2 Å². The summed E-state index contributed by atoms with van der Waals surface area (Å²) in [6.07, 6.45) is 0.361. The van der Waals surface area contributed by atoms with Gasteiger partial charge in [-0.2, -0.15) is 13.2 Å². The van der Waals surface area contributed by atoms with Crippen LogP contribution in [0.25, 0.3) is 0 Å². The van der Waals surface area contributed by atoms with Crippen molar-refractivity contribution in [2.24, 2.45) is 5.92 Å². The van der Waals surface area contributed by atoms with Crippen LogP contribution in [0.3, 0.4) is 0 Å². The first-order valence-electron chi connectivity index (χ1n) is 5.01. The largest absolute Gasteiger partial charge is 0.416 e. The summed E-state index contributed by atoms with van der Waals surface area (Å²) < 4.78 is 38.0. The summed E-state index contributed by atoms with van der Waals surface area (Å²) in [5, 5.41) is 0. The lowest BCUT2D eigenvalue weighted by Gasteiger charge is -2.16. The van der Waals surface area contributed by atoms with Crippen LogP contribution in [-0.4, -0.2) is 4.98 Å². The van der Waals surface area contributed by atoms with Crippen LogP contribution in [0.2, 0.25) is 0 Å². The molecule has 1 fully saturated rings.